The van der Waals surface area contributed by atoms with Gasteiger partial charge in [0.1, 0.15) is 0 Å². The fourth-order valence-corrected chi connectivity index (χ4v) is 5.77. The number of amides is 2. The number of anilines is 1. The number of carbonyl (C=O) groups excluding carboxylic acids is 2. The molecule has 0 unspecified atom stereocenters. The molecule has 3 rings (SSSR count). The Kier molecular flexibility index (Phi) is 5.23. The minimum Gasteiger partial charge on any atom is -0.308 e. The maximum Gasteiger partial charge on any atom is 0.338 e. The zero-order chi connectivity index (χ0) is 18.0. The van der Waals surface area contributed by atoms with E-state index in [9.17, 15) is 14.2 Å². The van der Waals surface area contributed by atoms with Crippen LogP contribution in [0.5, 0.6) is 0 Å². The highest BCUT2D eigenvalue weighted by Gasteiger charge is 2.57. The van der Waals surface area contributed by atoms with E-state index in [1.807, 2.05) is 6.07 Å². The first-order chi connectivity index (χ1) is 12.0. The summed E-state index contributed by atoms with van der Waals surface area (Å²) in [4.78, 5) is 27.1. The Morgan fingerprint density at radius 2 is 1.72 bits per heavy atom. The SMILES string of the molecule is CCOP(=O)(OCC)[C@@H]1C=CC[C@@H]2C(=O)N(c3ccccc3)C(=O)[C@@H]21. The fourth-order valence-electron chi connectivity index (χ4n) is 3.57. The molecule has 0 saturated carbocycles. The molecule has 1 aliphatic heterocycles. The van der Waals surface area contributed by atoms with E-state index < -0.39 is 25.1 Å². The highest BCUT2D eigenvalue weighted by molar-refractivity contribution is 7.55. The predicted octanol–water partition coefficient (Wildman–Crippen LogP) is 3.39. The van der Waals surface area contributed by atoms with Gasteiger partial charge in [-0.2, -0.15) is 0 Å². The normalized spacial score (nSPS) is 26.2. The first-order valence-corrected chi connectivity index (χ1v) is 10.1. The van der Waals surface area contributed by atoms with Crippen molar-refractivity contribution in [1.29, 1.82) is 0 Å². The summed E-state index contributed by atoms with van der Waals surface area (Å²) in [7, 11) is -3.53. The maximum absolute atomic E-state index is 13.2. The quantitative estimate of drug-likeness (QED) is 0.440. The first kappa shape index (κ1) is 18.1. The lowest BCUT2D eigenvalue weighted by atomic mass is 9.85. The number of hydrogen-bond acceptors (Lipinski definition) is 5. The Labute approximate surface area is 147 Å². The molecule has 1 saturated heterocycles. The molecule has 0 N–H and O–H groups in total. The molecule has 1 heterocycles. The van der Waals surface area contributed by atoms with E-state index in [1.165, 1.54) is 4.90 Å². The molecule has 2 aliphatic rings. The van der Waals surface area contributed by atoms with Gasteiger partial charge in [-0.3, -0.25) is 19.1 Å². The summed E-state index contributed by atoms with van der Waals surface area (Å²) >= 11 is 0. The van der Waals surface area contributed by atoms with Crippen molar-refractivity contribution < 1.29 is 23.2 Å². The fraction of sp³-hybridized carbons (Fsp3) is 0.444. The van der Waals surface area contributed by atoms with Gasteiger partial charge in [0.25, 0.3) is 0 Å². The standard InChI is InChI=1S/C18H22NO5P/c1-3-23-25(22,24-4-2)15-12-8-11-14-16(15)18(21)19(17(14)20)13-9-6-5-7-10-13/h5-10,12,14-16H,3-4,11H2,1-2H3/t14-,15+,16-/m0/s1. The van der Waals surface area contributed by atoms with Crippen LogP contribution in [0, 0.1) is 11.8 Å². The monoisotopic (exact) mass is 363 g/mol. The number of hydrogen-bond donors (Lipinski definition) is 0. The van der Waals surface area contributed by atoms with Crippen LogP contribution in [-0.4, -0.2) is 30.7 Å². The maximum atomic E-state index is 13.2. The third-order valence-electron chi connectivity index (χ3n) is 4.57. The minimum atomic E-state index is -3.53. The highest BCUT2D eigenvalue weighted by Crippen LogP contribution is 2.60. The van der Waals surface area contributed by atoms with E-state index >= 15 is 0 Å². The van der Waals surface area contributed by atoms with Crippen LogP contribution in [0.4, 0.5) is 5.69 Å². The van der Waals surface area contributed by atoms with Gasteiger partial charge in [-0.1, -0.05) is 30.4 Å². The van der Waals surface area contributed by atoms with Gasteiger partial charge in [-0.15, -0.1) is 0 Å². The average molecular weight is 363 g/mol. The topological polar surface area (TPSA) is 72.9 Å². The van der Waals surface area contributed by atoms with E-state index in [-0.39, 0.29) is 25.0 Å². The first-order valence-electron chi connectivity index (χ1n) is 8.51. The summed E-state index contributed by atoms with van der Waals surface area (Å²) in [5.74, 6) is -1.84. The second-order valence-electron chi connectivity index (χ2n) is 6.01. The number of rotatable bonds is 6. The smallest absolute Gasteiger partial charge is 0.308 e. The predicted molar refractivity (Wildman–Crippen MR) is 94.3 cm³/mol. The Bertz CT molecular complexity index is 722. The van der Waals surface area contributed by atoms with Gasteiger partial charge in [0.2, 0.25) is 11.8 Å². The summed E-state index contributed by atoms with van der Waals surface area (Å²) < 4.78 is 24.1. The van der Waals surface area contributed by atoms with Crippen molar-refractivity contribution >= 4 is 25.1 Å². The Morgan fingerprint density at radius 1 is 1.08 bits per heavy atom. The second-order valence-corrected chi connectivity index (χ2v) is 8.20. The third kappa shape index (κ3) is 3.10. The average Bonchev–Trinajstić information content (AvgIpc) is 2.87. The molecule has 1 aromatic rings. The molecular weight excluding hydrogens is 341 g/mol. The summed E-state index contributed by atoms with van der Waals surface area (Å²) in [6, 6.07) is 8.82. The number of allylic oxidation sites excluding steroid dienone is 2. The molecule has 1 aliphatic carbocycles. The number of nitrogens with zero attached hydrogens (tertiary/aromatic N) is 1. The van der Waals surface area contributed by atoms with Crippen LogP contribution in [0.25, 0.3) is 0 Å². The van der Waals surface area contributed by atoms with Gasteiger partial charge in [-0.05, 0) is 32.4 Å². The molecule has 3 atom stereocenters. The molecule has 1 fully saturated rings. The van der Waals surface area contributed by atoms with Crippen molar-refractivity contribution in [1.82, 2.24) is 0 Å². The van der Waals surface area contributed by atoms with Crippen LogP contribution in [0.3, 0.4) is 0 Å². The molecule has 7 heteroatoms. The number of fused-ring (bicyclic) bond motifs is 1. The zero-order valence-electron chi connectivity index (χ0n) is 14.3. The van der Waals surface area contributed by atoms with Crippen LogP contribution >= 0.6 is 7.60 Å². The summed E-state index contributed by atoms with van der Waals surface area (Å²) in [5.41, 5.74) is -0.204. The van der Waals surface area contributed by atoms with E-state index in [0.717, 1.165) is 0 Å². The summed E-state index contributed by atoms with van der Waals surface area (Å²) in [6.45, 7) is 3.88. The van der Waals surface area contributed by atoms with E-state index in [4.69, 9.17) is 9.05 Å². The lowest BCUT2D eigenvalue weighted by Crippen LogP contribution is -2.35. The van der Waals surface area contributed by atoms with Crippen molar-refractivity contribution in [3.63, 3.8) is 0 Å². The van der Waals surface area contributed by atoms with E-state index in [0.29, 0.717) is 12.1 Å². The lowest BCUT2D eigenvalue weighted by Gasteiger charge is -2.31. The second kappa shape index (κ2) is 7.24. The van der Waals surface area contributed by atoms with Crippen molar-refractivity contribution in [2.24, 2.45) is 11.8 Å². The number of imide groups is 1. The molecular formula is C18H22NO5P. The molecule has 0 bridgehead atoms. The number of carbonyl (C=O) groups is 2. The molecule has 6 nitrogen and oxygen atoms in total. The van der Waals surface area contributed by atoms with Crippen molar-refractivity contribution in [2.75, 3.05) is 18.1 Å². The van der Waals surface area contributed by atoms with Crippen LogP contribution < -0.4 is 4.90 Å². The Balaban J connectivity index is 1.99. The summed E-state index contributed by atoms with van der Waals surface area (Å²) in [6.07, 6.45) is 3.97. The molecule has 25 heavy (non-hydrogen) atoms. The molecule has 0 radical (unpaired) electrons. The van der Waals surface area contributed by atoms with Crippen LogP contribution in [0.2, 0.25) is 0 Å². The van der Waals surface area contributed by atoms with Gasteiger partial charge in [0.05, 0.1) is 36.4 Å². The van der Waals surface area contributed by atoms with E-state index in [1.54, 1.807) is 50.3 Å². The molecule has 0 aromatic heterocycles. The zero-order valence-corrected chi connectivity index (χ0v) is 15.2. The van der Waals surface area contributed by atoms with Crippen molar-refractivity contribution in [3.05, 3.63) is 42.5 Å². The van der Waals surface area contributed by atoms with Crippen molar-refractivity contribution in [2.45, 2.75) is 25.9 Å². The molecule has 1 aromatic carbocycles. The van der Waals surface area contributed by atoms with Crippen LogP contribution in [-0.2, 0) is 23.2 Å². The van der Waals surface area contributed by atoms with Crippen LogP contribution in [0.1, 0.15) is 20.3 Å². The summed E-state index contributed by atoms with van der Waals surface area (Å²) in [5, 5.41) is 0. The minimum absolute atomic E-state index is 0.212. The lowest BCUT2D eigenvalue weighted by molar-refractivity contribution is -0.122. The molecule has 134 valence electrons. The van der Waals surface area contributed by atoms with Gasteiger partial charge in [-0.25, -0.2) is 0 Å². The Hall–Kier alpha value is -1.75. The van der Waals surface area contributed by atoms with Gasteiger partial charge >= 0.3 is 7.60 Å². The van der Waals surface area contributed by atoms with Gasteiger partial charge in [0, 0.05) is 0 Å². The largest absolute Gasteiger partial charge is 0.338 e. The third-order valence-corrected chi connectivity index (χ3v) is 7.03. The van der Waals surface area contributed by atoms with Crippen LogP contribution in [0.15, 0.2) is 42.5 Å². The van der Waals surface area contributed by atoms with Crippen molar-refractivity contribution in [3.8, 4) is 0 Å². The van der Waals surface area contributed by atoms with E-state index in [2.05, 4.69) is 0 Å². The van der Waals surface area contributed by atoms with Gasteiger partial charge in [0.15, 0.2) is 0 Å². The highest BCUT2D eigenvalue weighted by atomic mass is 31.2. The molecule has 0 spiro atoms. The number of benzene rings is 1. The Morgan fingerprint density at radius 3 is 2.32 bits per heavy atom. The van der Waals surface area contributed by atoms with Gasteiger partial charge < -0.3 is 9.05 Å². The molecule has 2 amide bonds. The number of para-hydroxylation sites is 1.